The molecule has 1 aliphatic rings. The van der Waals surface area contributed by atoms with Gasteiger partial charge in [0.05, 0.1) is 11.9 Å². The molecule has 1 fully saturated rings. The van der Waals surface area contributed by atoms with E-state index in [1.54, 1.807) is 14.1 Å². The number of nitrogens with one attached hydrogen (secondary N) is 1. The highest BCUT2D eigenvalue weighted by Gasteiger charge is 2.22. The second-order valence-electron chi connectivity index (χ2n) is 8.53. The first kappa shape index (κ1) is 25.2. The van der Waals surface area contributed by atoms with Crippen molar-refractivity contribution in [2.75, 3.05) is 37.7 Å². The van der Waals surface area contributed by atoms with Crippen molar-refractivity contribution in [3.8, 4) is 0 Å². The molecule has 0 aliphatic carbocycles. The van der Waals surface area contributed by atoms with Crippen LogP contribution in [0.25, 0.3) is 0 Å². The maximum atomic E-state index is 12.5. The number of anilines is 1. The second-order valence-corrected chi connectivity index (χ2v) is 10.4. The Bertz CT molecular complexity index is 1140. The lowest BCUT2D eigenvalue weighted by molar-refractivity contribution is -0.128. The fraction of sp³-hybridized carbons (Fsp3) is 0.375. The van der Waals surface area contributed by atoms with Crippen LogP contribution in [0.4, 0.5) is 5.69 Å². The fourth-order valence-electron chi connectivity index (χ4n) is 3.67. The van der Waals surface area contributed by atoms with Crippen LogP contribution in [0.1, 0.15) is 34.3 Å². The van der Waals surface area contributed by atoms with Gasteiger partial charge in [-0.15, -0.1) is 0 Å². The summed E-state index contributed by atoms with van der Waals surface area (Å²) in [7, 11) is -0.461. The number of hydrogen-bond donors (Lipinski definition) is 1. The number of amides is 3. The number of nitrogens with zero attached hydrogens (tertiary/aromatic N) is 3. The topological polar surface area (TPSA) is 107 Å². The molecule has 0 atom stereocenters. The summed E-state index contributed by atoms with van der Waals surface area (Å²) in [6.45, 7) is 1.22. The van der Waals surface area contributed by atoms with Gasteiger partial charge in [-0.25, -0.2) is 8.42 Å². The molecule has 0 unspecified atom stereocenters. The van der Waals surface area contributed by atoms with E-state index >= 15 is 0 Å². The van der Waals surface area contributed by atoms with Crippen molar-refractivity contribution in [3.05, 3.63) is 65.2 Å². The third-order valence-corrected chi connectivity index (χ3v) is 6.69. The zero-order valence-corrected chi connectivity index (χ0v) is 20.5. The van der Waals surface area contributed by atoms with Crippen molar-refractivity contribution in [1.29, 1.82) is 0 Å². The number of likely N-dealkylation sites (tertiary alicyclic amines) is 1. The van der Waals surface area contributed by atoms with E-state index in [0.717, 1.165) is 34.7 Å². The normalized spacial score (nSPS) is 13.6. The molecule has 34 heavy (non-hydrogen) atoms. The van der Waals surface area contributed by atoms with Gasteiger partial charge in [0.15, 0.2) is 0 Å². The SMILES string of the molecule is CN(C)C(=O)c1ccc(N(CC(=O)NCc2ccc(CN3CCCC3=O)cc2)S(C)(=O)=O)cc1. The summed E-state index contributed by atoms with van der Waals surface area (Å²) >= 11 is 0. The highest BCUT2D eigenvalue weighted by atomic mass is 32.2. The summed E-state index contributed by atoms with van der Waals surface area (Å²) in [6.07, 6.45) is 2.53. The van der Waals surface area contributed by atoms with Crippen LogP contribution in [0.2, 0.25) is 0 Å². The largest absolute Gasteiger partial charge is 0.350 e. The van der Waals surface area contributed by atoms with E-state index in [1.807, 2.05) is 29.2 Å². The quantitative estimate of drug-likeness (QED) is 0.579. The number of carbonyl (C=O) groups is 3. The van der Waals surface area contributed by atoms with Crippen molar-refractivity contribution >= 4 is 33.4 Å². The van der Waals surface area contributed by atoms with Crippen LogP contribution in [0, 0.1) is 0 Å². The fourth-order valence-corrected chi connectivity index (χ4v) is 4.53. The van der Waals surface area contributed by atoms with Crippen molar-refractivity contribution < 1.29 is 22.8 Å². The Balaban J connectivity index is 1.59. The minimum atomic E-state index is -3.72. The molecule has 0 radical (unpaired) electrons. The van der Waals surface area contributed by atoms with Crippen molar-refractivity contribution in [3.63, 3.8) is 0 Å². The van der Waals surface area contributed by atoms with Crippen molar-refractivity contribution in [2.24, 2.45) is 0 Å². The predicted octanol–water partition coefficient (Wildman–Crippen LogP) is 1.59. The molecular weight excluding hydrogens is 456 g/mol. The van der Waals surface area contributed by atoms with Crippen LogP contribution in [-0.2, 0) is 32.7 Å². The average Bonchev–Trinajstić information content (AvgIpc) is 3.20. The van der Waals surface area contributed by atoms with Gasteiger partial charge in [0, 0.05) is 45.7 Å². The van der Waals surface area contributed by atoms with Gasteiger partial charge >= 0.3 is 0 Å². The molecular formula is C24H30N4O5S. The summed E-state index contributed by atoms with van der Waals surface area (Å²) < 4.78 is 25.6. The molecule has 0 spiro atoms. The summed E-state index contributed by atoms with van der Waals surface area (Å²) in [4.78, 5) is 39.6. The van der Waals surface area contributed by atoms with Crippen LogP contribution in [0.5, 0.6) is 0 Å². The lowest BCUT2D eigenvalue weighted by Gasteiger charge is -2.22. The molecule has 1 heterocycles. The molecule has 182 valence electrons. The van der Waals surface area contributed by atoms with E-state index in [0.29, 0.717) is 24.2 Å². The molecule has 3 rings (SSSR count). The summed E-state index contributed by atoms with van der Waals surface area (Å²) in [5.41, 5.74) is 2.60. The molecule has 1 aliphatic heterocycles. The van der Waals surface area contributed by atoms with Gasteiger partial charge in [0.25, 0.3) is 5.91 Å². The Morgan fingerprint density at radius 1 is 1.00 bits per heavy atom. The van der Waals surface area contributed by atoms with Crippen LogP contribution < -0.4 is 9.62 Å². The van der Waals surface area contributed by atoms with Gasteiger partial charge < -0.3 is 15.1 Å². The van der Waals surface area contributed by atoms with E-state index in [1.165, 1.54) is 29.2 Å². The maximum Gasteiger partial charge on any atom is 0.253 e. The van der Waals surface area contributed by atoms with Gasteiger partial charge in [-0.2, -0.15) is 0 Å². The van der Waals surface area contributed by atoms with Crippen LogP contribution >= 0.6 is 0 Å². The van der Waals surface area contributed by atoms with Crippen LogP contribution in [0.3, 0.4) is 0 Å². The number of sulfonamides is 1. The third kappa shape index (κ3) is 6.57. The van der Waals surface area contributed by atoms with Gasteiger partial charge in [-0.1, -0.05) is 24.3 Å². The van der Waals surface area contributed by atoms with Gasteiger partial charge in [-0.3, -0.25) is 18.7 Å². The van der Waals surface area contributed by atoms with Crippen LogP contribution in [-0.4, -0.2) is 69.4 Å². The molecule has 10 heteroatoms. The summed E-state index contributed by atoms with van der Waals surface area (Å²) in [5.74, 6) is -0.482. The second kappa shape index (κ2) is 10.7. The Hall–Kier alpha value is -3.40. The number of hydrogen-bond acceptors (Lipinski definition) is 5. The first-order chi connectivity index (χ1) is 16.0. The Morgan fingerprint density at radius 2 is 1.62 bits per heavy atom. The molecule has 0 aromatic heterocycles. The molecule has 2 aromatic carbocycles. The summed E-state index contributed by atoms with van der Waals surface area (Å²) in [5, 5.41) is 2.75. The molecule has 0 saturated carbocycles. The zero-order chi connectivity index (χ0) is 24.9. The van der Waals surface area contributed by atoms with E-state index < -0.39 is 15.9 Å². The van der Waals surface area contributed by atoms with Crippen molar-refractivity contribution in [2.45, 2.75) is 25.9 Å². The first-order valence-corrected chi connectivity index (χ1v) is 12.8. The first-order valence-electron chi connectivity index (χ1n) is 11.0. The Morgan fingerprint density at radius 3 is 2.15 bits per heavy atom. The lowest BCUT2D eigenvalue weighted by atomic mass is 10.1. The predicted molar refractivity (Wildman–Crippen MR) is 130 cm³/mol. The van der Waals surface area contributed by atoms with Crippen molar-refractivity contribution in [1.82, 2.24) is 15.1 Å². The summed E-state index contributed by atoms with van der Waals surface area (Å²) in [6, 6.07) is 13.7. The number of benzene rings is 2. The molecule has 3 amide bonds. The monoisotopic (exact) mass is 486 g/mol. The van der Waals surface area contributed by atoms with E-state index in [2.05, 4.69) is 5.32 Å². The van der Waals surface area contributed by atoms with Gasteiger partial charge in [0.2, 0.25) is 21.8 Å². The van der Waals surface area contributed by atoms with E-state index in [4.69, 9.17) is 0 Å². The standard InChI is InChI=1S/C24H30N4O5S/c1-26(2)24(31)20-10-12-21(13-11-20)28(34(3,32)33)17-22(29)25-15-18-6-8-19(9-7-18)16-27-14-4-5-23(27)30/h6-13H,4-5,14-17H2,1-3H3,(H,25,29). The minimum absolute atomic E-state index is 0.172. The van der Waals surface area contributed by atoms with Crippen LogP contribution in [0.15, 0.2) is 48.5 Å². The van der Waals surface area contributed by atoms with Gasteiger partial charge in [-0.05, 0) is 41.8 Å². The molecule has 9 nitrogen and oxygen atoms in total. The molecule has 1 saturated heterocycles. The molecule has 0 bridgehead atoms. The third-order valence-electron chi connectivity index (χ3n) is 5.55. The smallest absolute Gasteiger partial charge is 0.253 e. The molecule has 2 aromatic rings. The maximum absolute atomic E-state index is 12.5. The van der Waals surface area contributed by atoms with Gasteiger partial charge in [0.1, 0.15) is 6.54 Å². The minimum Gasteiger partial charge on any atom is -0.350 e. The number of carbonyl (C=O) groups excluding carboxylic acids is 3. The highest BCUT2D eigenvalue weighted by molar-refractivity contribution is 7.92. The number of rotatable bonds is 9. The lowest BCUT2D eigenvalue weighted by Crippen LogP contribution is -2.40. The average molecular weight is 487 g/mol. The zero-order valence-electron chi connectivity index (χ0n) is 19.7. The van der Waals surface area contributed by atoms with E-state index in [-0.39, 0.29) is 24.9 Å². The Labute approximate surface area is 200 Å². The molecule has 1 N–H and O–H groups in total. The highest BCUT2D eigenvalue weighted by Crippen LogP contribution is 2.19. The Kier molecular flexibility index (Phi) is 7.93. The van der Waals surface area contributed by atoms with E-state index in [9.17, 15) is 22.8 Å².